The third-order valence-corrected chi connectivity index (χ3v) is 4.02. The Morgan fingerprint density at radius 1 is 1.44 bits per heavy atom. The molecule has 0 aliphatic carbocycles. The van der Waals surface area contributed by atoms with Crippen LogP contribution in [0.15, 0.2) is 0 Å². The summed E-state index contributed by atoms with van der Waals surface area (Å²) < 4.78 is 33.4. The van der Waals surface area contributed by atoms with Gasteiger partial charge in [0.25, 0.3) is 10.2 Å². The lowest BCUT2D eigenvalue weighted by atomic mass is 10.3. The van der Waals surface area contributed by atoms with Crippen LogP contribution in [0.5, 0.6) is 0 Å². The maximum atomic E-state index is 12.0. The van der Waals surface area contributed by atoms with Gasteiger partial charge in [0.2, 0.25) is 0 Å². The average Bonchev–Trinajstić information content (AvgIpc) is 2.78. The predicted octanol–water partition coefficient (Wildman–Crippen LogP) is -1.36. The van der Waals surface area contributed by atoms with E-state index in [0.29, 0.717) is 18.9 Å². The molecule has 0 radical (unpaired) electrons. The van der Waals surface area contributed by atoms with Gasteiger partial charge in [-0.05, 0) is 13.8 Å². The zero-order valence-corrected chi connectivity index (χ0v) is 11.0. The first-order chi connectivity index (χ1) is 8.47. The van der Waals surface area contributed by atoms with Crippen LogP contribution in [-0.2, 0) is 21.5 Å². The first-order valence-corrected chi connectivity index (χ1v) is 7.04. The molecule has 2 unspecified atom stereocenters. The van der Waals surface area contributed by atoms with Crippen LogP contribution in [0.3, 0.4) is 0 Å². The van der Waals surface area contributed by atoms with Crippen molar-refractivity contribution in [1.82, 2.24) is 29.7 Å². The van der Waals surface area contributed by atoms with Gasteiger partial charge in [-0.2, -0.15) is 22.7 Å². The highest BCUT2D eigenvalue weighted by molar-refractivity contribution is 7.87. The molecule has 2 atom stereocenters. The molecule has 1 aliphatic rings. The number of aromatic amines is 1. The van der Waals surface area contributed by atoms with Gasteiger partial charge in [0.05, 0.1) is 18.8 Å². The summed E-state index contributed by atoms with van der Waals surface area (Å²) in [5.41, 5.74) is 0. The summed E-state index contributed by atoms with van der Waals surface area (Å²) in [5.74, 6) is 0.299. The smallest absolute Gasteiger partial charge is 0.280 e. The number of rotatable bonds is 4. The summed E-state index contributed by atoms with van der Waals surface area (Å²) in [4.78, 5) is 0. The van der Waals surface area contributed by atoms with E-state index in [4.69, 9.17) is 4.74 Å². The number of aromatic nitrogens is 4. The van der Waals surface area contributed by atoms with Crippen molar-refractivity contribution in [2.75, 3.05) is 13.1 Å². The molecule has 0 amide bonds. The minimum absolute atomic E-state index is 0.0128. The number of nitrogens with zero attached hydrogens (tertiary/aromatic N) is 4. The largest absolute Gasteiger partial charge is 0.373 e. The SMILES string of the molecule is CC1CN(S(=O)(=O)NCc2nn[nH]n2)CC(C)O1. The van der Waals surface area contributed by atoms with Crippen molar-refractivity contribution in [2.45, 2.75) is 32.6 Å². The Labute approximate surface area is 105 Å². The van der Waals surface area contributed by atoms with E-state index >= 15 is 0 Å². The molecule has 9 nitrogen and oxygen atoms in total. The maximum Gasteiger partial charge on any atom is 0.280 e. The Kier molecular flexibility index (Phi) is 3.90. The molecule has 1 fully saturated rings. The van der Waals surface area contributed by atoms with Crippen LogP contribution >= 0.6 is 0 Å². The standard InChI is InChI=1S/C8H16N6O3S/c1-6-4-14(5-7(2)17-6)18(15,16)9-3-8-10-12-13-11-8/h6-7,9H,3-5H2,1-2H3,(H,10,11,12,13). The van der Waals surface area contributed by atoms with Crippen LogP contribution in [0.1, 0.15) is 19.7 Å². The number of tetrazole rings is 1. The maximum absolute atomic E-state index is 12.0. The molecular formula is C8H16N6O3S. The average molecular weight is 276 g/mol. The third-order valence-electron chi connectivity index (χ3n) is 2.53. The molecule has 0 saturated carbocycles. The molecule has 1 saturated heterocycles. The lowest BCUT2D eigenvalue weighted by Crippen LogP contribution is -2.51. The second kappa shape index (κ2) is 5.26. The van der Waals surface area contributed by atoms with Gasteiger partial charge in [0.1, 0.15) is 0 Å². The van der Waals surface area contributed by atoms with Gasteiger partial charge >= 0.3 is 0 Å². The molecular weight excluding hydrogens is 260 g/mol. The van der Waals surface area contributed by atoms with Gasteiger partial charge in [-0.15, -0.1) is 10.2 Å². The lowest BCUT2D eigenvalue weighted by molar-refractivity contribution is -0.0444. The van der Waals surface area contributed by atoms with E-state index in [1.54, 1.807) is 0 Å². The number of nitrogens with one attached hydrogen (secondary N) is 2. The van der Waals surface area contributed by atoms with Crippen LogP contribution in [0.2, 0.25) is 0 Å². The molecule has 2 N–H and O–H groups in total. The van der Waals surface area contributed by atoms with E-state index in [0.717, 1.165) is 0 Å². The molecule has 0 spiro atoms. The molecule has 2 heterocycles. The van der Waals surface area contributed by atoms with Crippen LogP contribution < -0.4 is 4.72 Å². The minimum Gasteiger partial charge on any atom is -0.373 e. The van der Waals surface area contributed by atoms with Crippen LogP contribution in [-0.4, -0.2) is 58.6 Å². The van der Waals surface area contributed by atoms with Gasteiger partial charge < -0.3 is 4.74 Å². The normalized spacial score (nSPS) is 26.3. The zero-order valence-electron chi connectivity index (χ0n) is 10.2. The third kappa shape index (κ3) is 3.22. The summed E-state index contributed by atoms with van der Waals surface area (Å²) in [6.07, 6.45) is -0.231. The van der Waals surface area contributed by atoms with Crippen molar-refractivity contribution in [1.29, 1.82) is 0 Å². The van der Waals surface area contributed by atoms with Gasteiger partial charge in [-0.1, -0.05) is 5.21 Å². The molecule has 0 aromatic carbocycles. The molecule has 1 aromatic heterocycles. The fraction of sp³-hybridized carbons (Fsp3) is 0.875. The highest BCUT2D eigenvalue weighted by atomic mass is 32.2. The highest BCUT2D eigenvalue weighted by Gasteiger charge is 2.30. The van der Waals surface area contributed by atoms with Gasteiger partial charge in [-0.25, -0.2) is 0 Å². The molecule has 18 heavy (non-hydrogen) atoms. The molecule has 102 valence electrons. The summed E-state index contributed by atoms with van der Waals surface area (Å²) in [6, 6.07) is 0. The van der Waals surface area contributed by atoms with E-state index in [1.165, 1.54) is 4.31 Å². The zero-order chi connectivity index (χ0) is 13.2. The molecule has 1 aromatic rings. The van der Waals surface area contributed by atoms with Crippen molar-refractivity contribution < 1.29 is 13.2 Å². The van der Waals surface area contributed by atoms with Crippen LogP contribution in [0.4, 0.5) is 0 Å². The number of hydrogen-bond acceptors (Lipinski definition) is 6. The Morgan fingerprint density at radius 2 is 2.11 bits per heavy atom. The fourth-order valence-electron chi connectivity index (χ4n) is 1.83. The summed E-state index contributed by atoms with van der Waals surface area (Å²) >= 11 is 0. The molecule has 0 bridgehead atoms. The summed E-state index contributed by atoms with van der Waals surface area (Å²) in [6.45, 7) is 4.38. The predicted molar refractivity (Wildman–Crippen MR) is 61.5 cm³/mol. The Bertz CT molecular complexity index is 465. The second-order valence-corrected chi connectivity index (χ2v) is 5.98. The van der Waals surface area contributed by atoms with Crippen molar-refractivity contribution in [2.24, 2.45) is 0 Å². The van der Waals surface area contributed by atoms with E-state index in [2.05, 4.69) is 25.3 Å². The van der Waals surface area contributed by atoms with Crippen molar-refractivity contribution in [3.8, 4) is 0 Å². The summed E-state index contributed by atoms with van der Waals surface area (Å²) in [5, 5.41) is 13.0. The summed E-state index contributed by atoms with van der Waals surface area (Å²) in [7, 11) is -3.54. The second-order valence-electron chi connectivity index (χ2n) is 4.23. The van der Waals surface area contributed by atoms with E-state index in [1.807, 2.05) is 13.8 Å². The van der Waals surface area contributed by atoms with E-state index in [9.17, 15) is 8.42 Å². The molecule has 1 aliphatic heterocycles. The number of morpholine rings is 1. The van der Waals surface area contributed by atoms with Crippen LogP contribution in [0.25, 0.3) is 0 Å². The monoisotopic (exact) mass is 276 g/mol. The Balaban J connectivity index is 1.97. The first kappa shape index (κ1) is 13.3. The molecule has 2 rings (SSSR count). The van der Waals surface area contributed by atoms with Crippen molar-refractivity contribution >= 4 is 10.2 Å². The number of ether oxygens (including phenoxy) is 1. The van der Waals surface area contributed by atoms with Crippen LogP contribution in [0, 0.1) is 0 Å². The van der Waals surface area contributed by atoms with Gasteiger partial charge in [-0.3, -0.25) is 0 Å². The highest BCUT2D eigenvalue weighted by Crippen LogP contribution is 2.13. The van der Waals surface area contributed by atoms with E-state index < -0.39 is 10.2 Å². The number of hydrogen-bond donors (Lipinski definition) is 2. The van der Waals surface area contributed by atoms with E-state index in [-0.39, 0.29) is 18.8 Å². The Morgan fingerprint density at radius 3 is 2.67 bits per heavy atom. The fourth-order valence-corrected chi connectivity index (χ4v) is 3.14. The van der Waals surface area contributed by atoms with Crippen molar-refractivity contribution in [3.05, 3.63) is 5.82 Å². The molecule has 10 heteroatoms. The minimum atomic E-state index is -3.54. The van der Waals surface area contributed by atoms with Gasteiger partial charge in [0.15, 0.2) is 5.82 Å². The number of H-pyrrole nitrogens is 1. The first-order valence-electron chi connectivity index (χ1n) is 5.60. The quantitative estimate of drug-likeness (QED) is 0.702. The topological polar surface area (TPSA) is 113 Å². The van der Waals surface area contributed by atoms with Crippen molar-refractivity contribution in [3.63, 3.8) is 0 Å². The lowest BCUT2D eigenvalue weighted by Gasteiger charge is -2.34. The Hall–Kier alpha value is -1.10. The van der Waals surface area contributed by atoms with Gasteiger partial charge in [0, 0.05) is 13.1 Å².